The van der Waals surface area contributed by atoms with Crippen LogP contribution in [-0.4, -0.2) is 47.0 Å². The first-order valence-electron chi connectivity index (χ1n) is 7.83. The number of hydrogen-bond acceptors (Lipinski definition) is 5. The highest BCUT2D eigenvalue weighted by Gasteiger charge is 2.36. The molecule has 22 heavy (non-hydrogen) atoms. The van der Waals surface area contributed by atoms with Crippen LogP contribution in [0.15, 0.2) is 24.5 Å². The SMILES string of the molecule is N#C[C@@H]1CCCN1C(=O)[C@@H]1C[C@H](NCc2cccnc2)CN1. The summed E-state index contributed by atoms with van der Waals surface area (Å²) in [6.07, 6.45) is 6.11. The molecule has 2 N–H and O–H groups in total. The predicted octanol–water partition coefficient (Wildman–Crippen LogP) is 0.416. The van der Waals surface area contributed by atoms with Gasteiger partial charge < -0.3 is 15.5 Å². The lowest BCUT2D eigenvalue weighted by atomic mass is 10.1. The van der Waals surface area contributed by atoms with Crippen LogP contribution in [0.4, 0.5) is 0 Å². The van der Waals surface area contributed by atoms with Crippen molar-refractivity contribution in [2.24, 2.45) is 0 Å². The first kappa shape index (κ1) is 14.9. The van der Waals surface area contributed by atoms with Crippen molar-refractivity contribution in [3.8, 4) is 6.07 Å². The summed E-state index contributed by atoms with van der Waals surface area (Å²) in [7, 11) is 0. The number of nitrogens with zero attached hydrogens (tertiary/aromatic N) is 3. The lowest BCUT2D eigenvalue weighted by Crippen LogP contribution is -2.45. The highest BCUT2D eigenvalue weighted by molar-refractivity contribution is 5.83. The van der Waals surface area contributed by atoms with Crippen molar-refractivity contribution in [2.75, 3.05) is 13.1 Å². The second-order valence-corrected chi connectivity index (χ2v) is 5.95. The summed E-state index contributed by atoms with van der Waals surface area (Å²) >= 11 is 0. The second kappa shape index (κ2) is 6.86. The number of nitriles is 1. The summed E-state index contributed by atoms with van der Waals surface area (Å²) in [5.41, 5.74) is 1.14. The van der Waals surface area contributed by atoms with E-state index in [0.717, 1.165) is 37.9 Å². The van der Waals surface area contributed by atoms with Crippen LogP contribution >= 0.6 is 0 Å². The van der Waals surface area contributed by atoms with Crippen LogP contribution in [0.1, 0.15) is 24.8 Å². The fraction of sp³-hybridized carbons (Fsp3) is 0.562. The number of carbonyl (C=O) groups is 1. The number of aromatic nitrogens is 1. The van der Waals surface area contributed by atoms with Gasteiger partial charge in [0.2, 0.25) is 5.91 Å². The molecule has 3 rings (SSSR count). The van der Waals surface area contributed by atoms with Crippen molar-refractivity contribution < 1.29 is 4.79 Å². The van der Waals surface area contributed by atoms with Gasteiger partial charge in [-0.15, -0.1) is 0 Å². The van der Waals surface area contributed by atoms with Crippen LogP contribution in [0, 0.1) is 11.3 Å². The van der Waals surface area contributed by atoms with E-state index in [1.165, 1.54) is 0 Å². The van der Waals surface area contributed by atoms with Gasteiger partial charge in [0.25, 0.3) is 0 Å². The first-order valence-corrected chi connectivity index (χ1v) is 7.83. The summed E-state index contributed by atoms with van der Waals surface area (Å²) in [4.78, 5) is 18.3. The Morgan fingerprint density at radius 3 is 3.27 bits per heavy atom. The van der Waals surface area contributed by atoms with Crippen LogP contribution in [0.25, 0.3) is 0 Å². The molecule has 2 aliphatic heterocycles. The molecule has 3 heterocycles. The molecule has 2 saturated heterocycles. The van der Waals surface area contributed by atoms with E-state index >= 15 is 0 Å². The van der Waals surface area contributed by atoms with Gasteiger partial charge in [-0.1, -0.05) is 6.07 Å². The molecule has 1 amide bonds. The minimum atomic E-state index is -0.239. The minimum Gasteiger partial charge on any atom is -0.325 e. The van der Waals surface area contributed by atoms with Crippen molar-refractivity contribution in [1.29, 1.82) is 5.26 Å². The Morgan fingerprint density at radius 1 is 1.59 bits per heavy atom. The van der Waals surface area contributed by atoms with Crippen LogP contribution in [0.5, 0.6) is 0 Å². The van der Waals surface area contributed by atoms with Gasteiger partial charge in [0, 0.05) is 38.1 Å². The molecule has 1 aromatic heterocycles. The molecular weight excluding hydrogens is 278 g/mol. The van der Waals surface area contributed by atoms with Gasteiger partial charge in [0.1, 0.15) is 6.04 Å². The highest BCUT2D eigenvalue weighted by atomic mass is 16.2. The molecule has 0 aliphatic carbocycles. The molecule has 3 atom stereocenters. The third kappa shape index (κ3) is 3.26. The van der Waals surface area contributed by atoms with E-state index < -0.39 is 0 Å². The third-order valence-electron chi connectivity index (χ3n) is 4.43. The quantitative estimate of drug-likeness (QED) is 0.842. The number of likely N-dealkylation sites (tertiary alicyclic amines) is 1. The average molecular weight is 299 g/mol. The van der Waals surface area contributed by atoms with Crippen molar-refractivity contribution in [1.82, 2.24) is 20.5 Å². The molecule has 2 aliphatic rings. The molecule has 0 aromatic carbocycles. The monoisotopic (exact) mass is 299 g/mol. The van der Waals surface area contributed by atoms with Crippen LogP contribution in [-0.2, 0) is 11.3 Å². The zero-order valence-electron chi connectivity index (χ0n) is 12.5. The molecule has 0 bridgehead atoms. The zero-order valence-corrected chi connectivity index (χ0v) is 12.5. The predicted molar refractivity (Wildman–Crippen MR) is 81.6 cm³/mol. The Labute approximate surface area is 130 Å². The van der Waals surface area contributed by atoms with Gasteiger partial charge in [0.05, 0.1) is 12.1 Å². The van der Waals surface area contributed by atoms with Crippen molar-refractivity contribution in [2.45, 2.75) is 43.9 Å². The first-order chi connectivity index (χ1) is 10.8. The summed E-state index contributed by atoms with van der Waals surface area (Å²) in [5, 5.41) is 15.9. The van der Waals surface area contributed by atoms with E-state index in [4.69, 9.17) is 5.26 Å². The number of nitrogens with one attached hydrogen (secondary N) is 2. The Kier molecular flexibility index (Phi) is 4.66. The normalized spacial score (nSPS) is 27.8. The maximum Gasteiger partial charge on any atom is 0.240 e. The summed E-state index contributed by atoms with van der Waals surface area (Å²) in [5.74, 6) is 0.0785. The summed E-state index contributed by atoms with van der Waals surface area (Å²) in [6, 6.07) is 6.06. The third-order valence-corrected chi connectivity index (χ3v) is 4.43. The minimum absolute atomic E-state index is 0.0785. The van der Waals surface area contributed by atoms with Gasteiger partial charge in [-0.25, -0.2) is 0 Å². The Bertz CT molecular complexity index is 555. The number of carbonyl (C=O) groups excluding carboxylic acids is 1. The van der Waals surface area contributed by atoms with Crippen LogP contribution in [0.3, 0.4) is 0 Å². The number of rotatable bonds is 4. The van der Waals surface area contributed by atoms with Crippen molar-refractivity contribution >= 4 is 5.91 Å². The maximum atomic E-state index is 12.5. The molecular formula is C16H21N5O. The van der Waals surface area contributed by atoms with Crippen molar-refractivity contribution in [3.05, 3.63) is 30.1 Å². The van der Waals surface area contributed by atoms with Gasteiger partial charge in [-0.3, -0.25) is 9.78 Å². The molecule has 6 heteroatoms. The Balaban J connectivity index is 1.50. The van der Waals surface area contributed by atoms with Gasteiger partial charge in [-0.05, 0) is 30.9 Å². The molecule has 6 nitrogen and oxygen atoms in total. The molecule has 2 fully saturated rings. The largest absolute Gasteiger partial charge is 0.325 e. The lowest BCUT2D eigenvalue weighted by molar-refractivity contribution is -0.133. The van der Waals surface area contributed by atoms with Crippen LogP contribution in [0.2, 0.25) is 0 Å². The van der Waals surface area contributed by atoms with E-state index in [0.29, 0.717) is 6.54 Å². The fourth-order valence-corrected chi connectivity index (χ4v) is 3.21. The molecule has 0 unspecified atom stereocenters. The van der Waals surface area contributed by atoms with Crippen LogP contribution < -0.4 is 10.6 Å². The van der Waals surface area contributed by atoms with E-state index in [1.54, 1.807) is 11.1 Å². The molecule has 0 radical (unpaired) electrons. The Morgan fingerprint density at radius 2 is 2.50 bits per heavy atom. The number of hydrogen-bond donors (Lipinski definition) is 2. The zero-order chi connectivity index (χ0) is 15.4. The van der Waals surface area contributed by atoms with Gasteiger partial charge in [0.15, 0.2) is 0 Å². The Hall–Kier alpha value is -1.97. The smallest absolute Gasteiger partial charge is 0.240 e. The van der Waals surface area contributed by atoms with E-state index in [2.05, 4.69) is 21.7 Å². The van der Waals surface area contributed by atoms with E-state index in [-0.39, 0.29) is 24.0 Å². The molecule has 0 spiro atoms. The summed E-state index contributed by atoms with van der Waals surface area (Å²) in [6.45, 7) is 2.25. The second-order valence-electron chi connectivity index (χ2n) is 5.95. The molecule has 1 aromatic rings. The topological polar surface area (TPSA) is 81.1 Å². The number of amides is 1. The number of pyridine rings is 1. The van der Waals surface area contributed by atoms with E-state index in [1.807, 2.05) is 18.3 Å². The van der Waals surface area contributed by atoms with E-state index in [9.17, 15) is 4.79 Å². The standard InChI is InChI=1S/C16H21N5O/c17-8-14-4-2-6-21(14)16(22)15-7-13(11-20-15)19-10-12-3-1-5-18-9-12/h1,3,5,9,13-15,19-20H,2,4,6-7,10-11H2/t13-,14-,15-/m0/s1. The molecule has 0 saturated carbocycles. The van der Waals surface area contributed by atoms with Gasteiger partial charge >= 0.3 is 0 Å². The molecule has 116 valence electrons. The average Bonchev–Trinajstić information content (AvgIpc) is 3.22. The summed E-state index contributed by atoms with van der Waals surface area (Å²) < 4.78 is 0. The lowest BCUT2D eigenvalue weighted by Gasteiger charge is -2.23. The van der Waals surface area contributed by atoms with Gasteiger partial charge in [-0.2, -0.15) is 5.26 Å². The van der Waals surface area contributed by atoms with Crippen molar-refractivity contribution in [3.63, 3.8) is 0 Å². The fourth-order valence-electron chi connectivity index (χ4n) is 3.21. The highest BCUT2D eigenvalue weighted by Crippen LogP contribution is 2.20. The maximum absolute atomic E-state index is 12.5.